The molecular formula is C17H29N7O3S. The monoisotopic (exact) mass is 411 g/mol. The van der Waals surface area contributed by atoms with Gasteiger partial charge in [0.15, 0.2) is 11.5 Å². The maximum absolute atomic E-state index is 11.9. The van der Waals surface area contributed by atoms with Crippen LogP contribution in [0, 0.1) is 12.8 Å². The highest BCUT2D eigenvalue weighted by Gasteiger charge is 2.26. The Morgan fingerprint density at radius 2 is 1.79 bits per heavy atom. The van der Waals surface area contributed by atoms with E-state index in [-0.39, 0.29) is 17.4 Å². The van der Waals surface area contributed by atoms with E-state index in [9.17, 15) is 8.42 Å². The second kappa shape index (κ2) is 9.28. The number of rotatable bonds is 4. The lowest BCUT2D eigenvalue weighted by molar-refractivity contribution is 0.384. The quantitative estimate of drug-likeness (QED) is 0.795. The molecule has 1 aliphatic heterocycles. The van der Waals surface area contributed by atoms with Crippen molar-refractivity contribution in [2.75, 3.05) is 42.6 Å². The topological polar surface area (TPSA) is 131 Å². The van der Waals surface area contributed by atoms with E-state index in [0.29, 0.717) is 43.6 Å². The van der Waals surface area contributed by atoms with Crippen molar-refractivity contribution < 1.29 is 12.9 Å². The Bertz CT molecular complexity index is 872. The molecule has 0 amide bonds. The predicted octanol–water partition coefficient (Wildman–Crippen LogP) is 1.55. The molecule has 28 heavy (non-hydrogen) atoms. The zero-order chi connectivity index (χ0) is 20.9. The maximum atomic E-state index is 11.9. The molecule has 0 aliphatic carbocycles. The number of hydrogen-bond donors (Lipinski definition) is 1. The van der Waals surface area contributed by atoms with Gasteiger partial charge in [-0.3, -0.25) is 0 Å². The molecule has 2 N–H and O–H groups in total. The van der Waals surface area contributed by atoms with E-state index in [4.69, 9.17) is 10.3 Å². The largest absolute Gasteiger partial charge is 0.382 e. The first-order valence-electron chi connectivity index (χ1n) is 9.30. The van der Waals surface area contributed by atoms with E-state index in [1.54, 1.807) is 20.0 Å². The molecule has 0 radical (unpaired) electrons. The molecular weight excluding hydrogens is 382 g/mol. The fourth-order valence-electron chi connectivity index (χ4n) is 2.48. The lowest BCUT2D eigenvalue weighted by Crippen LogP contribution is -2.49. The average molecular weight is 412 g/mol. The summed E-state index contributed by atoms with van der Waals surface area (Å²) < 4.78 is 30.3. The molecule has 1 fully saturated rings. The maximum Gasteiger partial charge on any atom is 0.224 e. The van der Waals surface area contributed by atoms with Crippen LogP contribution in [-0.4, -0.2) is 64.8 Å². The summed E-state index contributed by atoms with van der Waals surface area (Å²) in [6.07, 6.45) is 1.57. The third kappa shape index (κ3) is 5.61. The first-order chi connectivity index (χ1) is 13.1. The van der Waals surface area contributed by atoms with Gasteiger partial charge in [-0.15, -0.1) is 0 Å². The Morgan fingerprint density at radius 1 is 1.18 bits per heavy atom. The smallest absolute Gasteiger partial charge is 0.224 e. The Kier molecular flexibility index (Phi) is 7.30. The van der Waals surface area contributed by atoms with Crippen LogP contribution < -0.4 is 10.6 Å². The van der Waals surface area contributed by atoms with Crippen molar-refractivity contribution in [2.45, 2.75) is 34.6 Å². The second-order valence-electron chi connectivity index (χ2n) is 7.12. The lowest BCUT2D eigenvalue weighted by atomic mass is 10.3. The first kappa shape index (κ1) is 22.0. The SMILES string of the molecule is CC(C)C.CCS(=O)(=O)N1CCN(c2cnc(N)c(-c3noc(C)n3)n2)CC1. The van der Waals surface area contributed by atoms with Crippen LogP contribution in [0.2, 0.25) is 0 Å². The van der Waals surface area contributed by atoms with E-state index in [1.165, 1.54) is 4.31 Å². The molecule has 2 aromatic rings. The van der Waals surface area contributed by atoms with Gasteiger partial charge in [-0.1, -0.05) is 25.9 Å². The van der Waals surface area contributed by atoms with Crippen molar-refractivity contribution in [3.05, 3.63) is 12.1 Å². The summed E-state index contributed by atoms with van der Waals surface area (Å²) in [6, 6.07) is 0. The second-order valence-corrected chi connectivity index (χ2v) is 9.38. The molecule has 11 heteroatoms. The number of aromatic nitrogens is 4. The van der Waals surface area contributed by atoms with E-state index in [2.05, 4.69) is 40.9 Å². The summed E-state index contributed by atoms with van der Waals surface area (Å²) in [6.45, 7) is 11.7. The molecule has 0 unspecified atom stereocenters. The molecule has 3 heterocycles. The van der Waals surface area contributed by atoms with Crippen LogP contribution in [0.25, 0.3) is 11.5 Å². The molecule has 156 valence electrons. The first-order valence-corrected chi connectivity index (χ1v) is 10.9. The molecule has 0 spiro atoms. The molecule has 0 saturated carbocycles. The number of nitrogen functional groups attached to an aromatic ring is 1. The molecule has 0 aromatic carbocycles. The van der Waals surface area contributed by atoms with E-state index < -0.39 is 10.0 Å². The Hall–Kier alpha value is -2.27. The van der Waals surface area contributed by atoms with E-state index >= 15 is 0 Å². The summed E-state index contributed by atoms with van der Waals surface area (Å²) >= 11 is 0. The van der Waals surface area contributed by atoms with Crippen LogP contribution in [0.5, 0.6) is 0 Å². The summed E-state index contributed by atoms with van der Waals surface area (Å²) in [5.41, 5.74) is 6.21. The molecule has 10 nitrogen and oxygen atoms in total. The van der Waals surface area contributed by atoms with Crippen LogP contribution >= 0.6 is 0 Å². The third-order valence-electron chi connectivity index (χ3n) is 3.85. The fourth-order valence-corrected chi connectivity index (χ4v) is 3.56. The van der Waals surface area contributed by atoms with Crippen molar-refractivity contribution >= 4 is 21.7 Å². The van der Waals surface area contributed by atoms with E-state index in [0.717, 1.165) is 5.92 Å². The minimum atomic E-state index is -3.16. The minimum absolute atomic E-state index is 0.107. The number of hydrogen-bond acceptors (Lipinski definition) is 9. The summed E-state index contributed by atoms with van der Waals surface area (Å²) in [5, 5.41) is 3.81. The van der Waals surface area contributed by atoms with Gasteiger partial charge in [0.1, 0.15) is 5.82 Å². The fraction of sp³-hybridized carbons (Fsp3) is 0.647. The van der Waals surface area contributed by atoms with Gasteiger partial charge in [0.05, 0.1) is 11.9 Å². The normalized spacial score (nSPS) is 15.4. The van der Waals surface area contributed by atoms with Gasteiger partial charge < -0.3 is 15.2 Å². The molecule has 1 aliphatic rings. The van der Waals surface area contributed by atoms with E-state index in [1.807, 2.05) is 4.90 Å². The molecule has 0 atom stereocenters. The van der Waals surface area contributed by atoms with Crippen molar-refractivity contribution in [3.8, 4) is 11.5 Å². The number of sulfonamides is 1. The van der Waals surface area contributed by atoms with Gasteiger partial charge in [0.2, 0.25) is 21.7 Å². The van der Waals surface area contributed by atoms with Gasteiger partial charge in [0.25, 0.3) is 0 Å². The highest BCUT2D eigenvalue weighted by atomic mass is 32.2. The highest BCUT2D eigenvalue weighted by molar-refractivity contribution is 7.89. The predicted molar refractivity (Wildman–Crippen MR) is 108 cm³/mol. The summed E-state index contributed by atoms with van der Waals surface area (Å²) in [4.78, 5) is 14.7. The van der Waals surface area contributed by atoms with Gasteiger partial charge in [-0.25, -0.2) is 18.4 Å². The van der Waals surface area contributed by atoms with Gasteiger partial charge in [-0.05, 0) is 12.8 Å². The Balaban J connectivity index is 0.000000640. The van der Waals surface area contributed by atoms with Crippen molar-refractivity contribution in [1.82, 2.24) is 24.4 Å². The zero-order valence-electron chi connectivity index (χ0n) is 17.1. The number of nitrogens with two attached hydrogens (primary N) is 1. The van der Waals surface area contributed by atoms with Crippen LogP contribution in [0.3, 0.4) is 0 Å². The van der Waals surface area contributed by atoms with Crippen LogP contribution in [0.15, 0.2) is 10.7 Å². The van der Waals surface area contributed by atoms with Gasteiger partial charge in [0, 0.05) is 33.1 Å². The minimum Gasteiger partial charge on any atom is -0.382 e. The number of aryl methyl sites for hydroxylation is 1. The van der Waals surface area contributed by atoms with Crippen molar-refractivity contribution in [1.29, 1.82) is 0 Å². The average Bonchev–Trinajstić information content (AvgIpc) is 3.08. The van der Waals surface area contributed by atoms with Crippen LogP contribution in [-0.2, 0) is 10.0 Å². The molecule has 1 saturated heterocycles. The summed E-state index contributed by atoms with van der Waals surface area (Å²) in [7, 11) is -3.16. The van der Waals surface area contributed by atoms with Crippen LogP contribution in [0.4, 0.5) is 11.6 Å². The van der Waals surface area contributed by atoms with Gasteiger partial charge >= 0.3 is 0 Å². The van der Waals surface area contributed by atoms with Gasteiger partial charge in [-0.2, -0.15) is 9.29 Å². The van der Waals surface area contributed by atoms with Crippen LogP contribution in [0.1, 0.15) is 33.6 Å². The van der Waals surface area contributed by atoms with Crippen molar-refractivity contribution in [2.24, 2.45) is 5.92 Å². The highest BCUT2D eigenvalue weighted by Crippen LogP contribution is 2.23. The third-order valence-corrected chi connectivity index (χ3v) is 5.73. The zero-order valence-corrected chi connectivity index (χ0v) is 17.9. The standard InChI is InChI=1S/C13H19N7O3S.C4H10/c1-3-24(21,22)20-6-4-19(5-7-20)10-8-15-12(14)11(17-10)13-16-9(2)23-18-13;1-4(2)3/h8H,3-7H2,1-2H3,(H2,14,15);4H,1-3H3. The Morgan fingerprint density at radius 3 is 2.29 bits per heavy atom. The number of piperazine rings is 1. The number of anilines is 2. The molecule has 2 aromatic heterocycles. The molecule has 3 rings (SSSR count). The summed E-state index contributed by atoms with van der Waals surface area (Å²) in [5.74, 6) is 2.46. The Labute approximate surface area is 166 Å². The lowest BCUT2D eigenvalue weighted by Gasteiger charge is -2.34. The number of nitrogens with zero attached hydrogens (tertiary/aromatic N) is 6. The van der Waals surface area contributed by atoms with Crippen molar-refractivity contribution in [3.63, 3.8) is 0 Å². The molecule has 0 bridgehead atoms.